The number of unbranched alkanes of at least 4 members (excludes halogenated alkanes) is 2. The van der Waals surface area contributed by atoms with Crippen LogP contribution in [-0.4, -0.2) is 32.5 Å². The van der Waals surface area contributed by atoms with Gasteiger partial charge >= 0.3 is 10.1 Å². The summed E-state index contributed by atoms with van der Waals surface area (Å²) in [5.74, 6) is 1.36. The minimum absolute atomic E-state index is 0.143. The number of hydrogen-bond donors (Lipinski definition) is 1. The van der Waals surface area contributed by atoms with Crippen LogP contribution in [0.15, 0.2) is 94.5 Å². The van der Waals surface area contributed by atoms with E-state index in [0.29, 0.717) is 30.3 Å². The Morgan fingerprint density at radius 3 is 1.88 bits per heavy atom. The highest BCUT2D eigenvalue weighted by atomic mass is 32.3. The Labute approximate surface area is 292 Å². The standard InChI is InChI=1S/C37H32N4O5S3/c42-49(43,44)33-20-32-37(48-33)35-28(24-46-32)30(39-41(35)22-26-14-8-5-9-15-26)17-11-3-1-2-10-16-29-27-23-45-31-18-19-47-36(31)34(27)40(38-29)21-25-12-6-4-7-13-25/h4-20H,1-3,21-24H2,(H,42,43,44). The number of benzene rings is 2. The maximum absolute atomic E-state index is 11.9. The Balaban J connectivity index is 0.979. The fraction of sp³-hybridized carbons (Fsp3) is 0.189. The highest BCUT2D eigenvalue weighted by Gasteiger charge is 2.31. The monoisotopic (exact) mass is 708 g/mol. The van der Waals surface area contributed by atoms with Crippen molar-refractivity contribution in [2.45, 2.75) is 49.8 Å². The number of ether oxygens (including phenoxy) is 2. The van der Waals surface area contributed by atoms with Crippen molar-refractivity contribution in [3.05, 3.63) is 124 Å². The second kappa shape index (κ2) is 13.3. The zero-order valence-corrected chi connectivity index (χ0v) is 28.8. The van der Waals surface area contributed by atoms with Crippen molar-refractivity contribution in [2.75, 3.05) is 0 Å². The highest BCUT2D eigenvalue weighted by molar-refractivity contribution is 7.88. The molecule has 6 aromatic rings. The van der Waals surface area contributed by atoms with E-state index in [1.54, 1.807) is 11.3 Å². The van der Waals surface area contributed by atoms with Gasteiger partial charge in [0, 0.05) is 17.2 Å². The van der Waals surface area contributed by atoms with Crippen LogP contribution in [0, 0.1) is 0 Å². The number of allylic oxidation sites excluding steroid dienone is 2. The Hall–Kier alpha value is -4.75. The quantitative estimate of drug-likeness (QED) is 0.106. The van der Waals surface area contributed by atoms with Crippen LogP contribution in [0.1, 0.15) is 52.9 Å². The van der Waals surface area contributed by atoms with Crippen LogP contribution in [0.3, 0.4) is 0 Å². The molecule has 2 aliphatic rings. The fourth-order valence-electron chi connectivity index (χ4n) is 6.22. The van der Waals surface area contributed by atoms with E-state index in [0.717, 1.165) is 80.7 Å². The fourth-order valence-corrected chi connectivity index (χ4v) is 8.97. The molecule has 12 heteroatoms. The summed E-state index contributed by atoms with van der Waals surface area (Å²) in [4.78, 5) is 1.78. The maximum atomic E-state index is 11.9. The molecule has 49 heavy (non-hydrogen) atoms. The average molecular weight is 709 g/mol. The van der Waals surface area contributed by atoms with Gasteiger partial charge in [0.1, 0.15) is 24.7 Å². The molecule has 0 amide bonds. The smallest absolute Gasteiger partial charge is 0.304 e. The Morgan fingerprint density at radius 2 is 1.31 bits per heavy atom. The summed E-state index contributed by atoms with van der Waals surface area (Å²) in [6, 6.07) is 23.8. The highest BCUT2D eigenvalue weighted by Crippen LogP contribution is 2.46. The second-order valence-electron chi connectivity index (χ2n) is 11.9. The molecule has 0 atom stereocenters. The zero-order chi connectivity index (χ0) is 33.4. The molecule has 6 heterocycles. The topological polar surface area (TPSA) is 108 Å². The summed E-state index contributed by atoms with van der Waals surface area (Å²) in [6.07, 6.45) is 11.1. The minimum Gasteiger partial charge on any atom is -0.487 e. The van der Waals surface area contributed by atoms with E-state index in [4.69, 9.17) is 19.7 Å². The Bertz CT molecular complexity index is 2300. The molecule has 0 unspecified atom stereocenters. The van der Waals surface area contributed by atoms with E-state index in [1.807, 2.05) is 53.2 Å². The largest absolute Gasteiger partial charge is 0.487 e. The summed E-state index contributed by atoms with van der Waals surface area (Å²) in [6.45, 7) is 1.99. The van der Waals surface area contributed by atoms with E-state index in [1.165, 1.54) is 11.6 Å². The Morgan fingerprint density at radius 1 is 0.755 bits per heavy atom. The normalized spacial score (nSPS) is 13.6. The van der Waals surface area contributed by atoms with Gasteiger partial charge in [-0.2, -0.15) is 18.6 Å². The number of rotatable bonds is 11. The first-order chi connectivity index (χ1) is 23.9. The Kier molecular flexibility index (Phi) is 8.54. The molecule has 2 aromatic carbocycles. The lowest BCUT2D eigenvalue weighted by atomic mass is 10.1. The molecule has 9 nitrogen and oxygen atoms in total. The molecule has 0 fully saturated rings. The predicted molar refractivity (Wildman–Crippen MR) is 193 cm³/mol. The summed E-state index contributed by atoms with van der Waals surface area (Å²) in [5.41, 5.74) is 8.00. The van der Waals surface area contributed by atoms with Gasteiger partial charge in [-0.1, -0.05) is 72.8 Å². The molecule has 8 rings (SSSR count). The van der Waals surface area contributed by atoms with E-state index in [2.05, 4.69) is 52.6 Å². The zero-order valence-electron chi connectivity index (χ0n) is 26.4. The molecule has 2 aliphatic heterocycles. The van der Waals surface area contributed by atoms with Crippen LogP contribution in [0.2, 0.25) is 0 Å². The molecule has 0 saturated heterocycles. The first kappa shape index (κ1) is 31.5. The molecular formula is C37H32N4O5S3. The summed E-state index contributed by atoms with van der Waals surface area (Å²) >= 11 is 2.68. The first-order valence-corrected chi connectivity index (χ1v) is 19.1. The van der Waals surface area contributed by atoms with Crippen LogP contribution in [0.25, 0.3) is 33.3 Å². The van der Waals surface area contributed by atoms with E-state index in [-0.39, 0.29) is 10.8 Å². The van der Waals surface area contributed by atoms with E-state index >= 15 is 0 Å². The van der Waals surface area contributed by atoms with Gasteiger partial charge in [0.2, 0.25) is 0 Å². The average Bonchev–Trinajstić information content (AvgIpc) is 3.89. The lowest BCUT2D eigenvalue weighted by molar-refractivity contribution is 0.302. The van der Waals surface area contributed by atoms with Crippen molar-refractivity contribution in [3.8, 4) is 32.6 Å². The maximum Gasteiger partial charge on any atom is 0.304 e. The molecule has 1 N–H and O–H groups in total. The summed E-state index contributed by atoms with van der Waals surface area (Å²) in [5, 5.41) is 12.0. The van der Waals surface area contributed by atoms with Crippen molar-refractivity contribution in [3.63, 3.8) is 0 Å². The van der Waals surface area contributed by atoms with E-state index in [9.17, 15) is 13.0 Å². The number of thiophene rings is 2. The van der Waals surface area contributed by atoms with Crippen molar-refractivity contribution in [1.82, 2.24) is 19.6 Å². The molecule has 4 aromatic heterocycles. The van der Waals surface area contributed by atoms with Gasteiger partial charge in [0.15, 0.2) is 4.21 Å². The molecule has 248 valence electrons. The van der Waals surface area contributed by atoms with Crippen LogP contribution < -0.4 is 9.47 Å². The van der Waals surface area contributed by atoms with Crippen LogP contribution in [0.5, 0.6) is 11.5 Å². The number of hydrogen-bond acceptors (Lipinski definition) is 8. The van der Waals surface area contributed by atoms with E-state index < -0.39 is 10.1 Å². The van der Waals surface area contributed by atoms with Crippen molar-refractivity contribution in [2.24, 2.45) is 0 Å². The third-order valence-corrected chi connectivity index (χ3v) is 11.9. The first-order valence-electron chi connectivity index (χ1n) is 16.0. The molecule has 0 spiro atoms. The molecular weight excluding hydrogens is 677 g/mol. The van der Waals surface area contributed by atoms with Gasteiger partial charge in [-0.3, -0.25) is 13.9 Å². The third-order valence-electron chi connectivity index (χ3n) is 8.54. The molecule has 0 bridgehead atoms. The summed E-state index contributed by atoms with van der Waals surface area (Å²) in [7, 11) is -4.36. The SMILES string of the molecule is O=S(=O)(O)c1cc2c(s1)-c1c(c(C=CCCCC=Cc3nn(Cc4ccccc4)c4c3COc3ccsc3-4)nn1Cc1ccccc1)CO2. The van der Waals surface area contributed by atoms with Gasteiger partial charge in [-0.15, -0.1) is 22.7 Å². The van der Waals surface area contributed by atoms with Crippen molar-refractivity contribution >= 4 is 44.9 Å². The third kappa shape index (κ3) is 6.40. The van der Waals surface area contributed by atoms with Crippen LogP contribution in [0.4, 0.5) is 0 Å². The number of fused-ring (bicyclic) bond motifs is 6. The lowest BCUT2D eigenvalue weighted by Gasteiger charge is -2.16. The molecule has 0 radical (unpaired) electrons. The van der Waals surface area contributed by atoms with Gasteiger partial charge in [0.25, 0.3) is 0 Å². The van der Waals surface area contributed by atoms with Crippen molar-refractivity contribution < 1.29 is 22.4 Å². The van der Waals surface area contributed by atoms with Gasteiger partial charge < -0.3 is 9.47 Å². The molecule has 0 aliphatic carbocycles. The molecule has 0 saturated carbocycles. The summed E-state index contributed by atoms with van der Waals surface area (Å²) < 4.78 is 49.4. The van der Waals surface area contributed by atoms with Gasteiger partial charge in [-0.25, -0.2) is 0 Å². The van der Waals surface area contributed by atoms with Crippen LogP contribution in [-0.2, 0) is 36.4 Å². The van der Waals surface area contributed by atoms with Gasteiger partial charge in [-0.05, 0) is 54.0 Å². The van der Waals surface area contributed by atoms with Crippen LogP contribution >= 0.6 is 22.7 Å². The second-order valence-corrected chi connectivity index (χ2v) is 15.5. The minimum atomic E-state index is -4.36. The number of aromatic nitrogens is 4. The van der Waals surface area contributed by atoms with Crippen molar-refractivity contribution in [1.29, 1.82) is 0 Å². The predicted octanol–water partition coefficient (Wildman–Crippen LogP) is 8.56. The number of nitrogens with zero attached hydrogens (tertiary/aromatic N) is 4. The lowest BCUT2D eigenvalue weighted by Crippen LogP contribution is -2.08. The van der Waals surface area contributed by atoms with Gasteiger partial charge in [0.05, 0.1) is 45.6 Å².